The molecule has 0 fully saturated rings. The van der Waals surface area contributed by atoms with E-state index in [-0.39, 0.29) is 25.7 Å². The van der Waals surface area contributed by atoms with Gasteiger partial charge in [-0.05, 0) is 116 Å². The molecule has 5 unspecified atom stereocenters. The second-order valence-electron chi connectivity index (χ2n) is 25.9. The Bertz CT molecular complexity index is 2190. The van der Waals surface area contributed by atoms with Crippen LogP contribution in [0.3, 0.4) is 0 Å². The van der Waals surface area contributed by atoms with Crippen molar-refractivity contribution in [3.63, 3.8) is 0 Å². The van der Waals surface area contributed by atoms with Gasteiger partial charge >= 0.3 is 39.5 Å². The highest BCUT2D eigenvalue weighted by molar-refractivity contribution is 7.47. The molecule has 98 heavy (non-hydrogen) atoms. The van der Waals surface area contributed by atoms with Crippen LogP contribution in [-0.4, -0.2) is 96.7 Å². The molecular weight excluding hydrogens is 1280 g/mol. The van der Waals surface area contributed by atoms with Crippen molar-refractivity contribution in [2.45, 2.75) is 354 Å². The third kappa shape index (κ3) is 70.7. The number of hydrogen-bond acceptors (Lipinski definition) is 15. The Kier molecular flexibility index (Phi) is 68.9. The van der Waals surface area contributed by atoms with Crippen LogP contribution in [0.15, 0.2) is 85.1 Å². The molecule has 0 spiro atoms. The number of phosphoric ester groups is 2. The lowest BCUT2D eigenvalue weighted by molar-refractivity contribution is -0.161. The smallest absolute Gasteiger partial charge is 0.462 e. The fourth-order valence-corrected chi connectivity index (χ4v) is 12.0. The number of esters is 4. The molecule has 0 aliphatic rings. The van der Waals surface area contributed by atoms with E-state index in [1.54, 1.807) is 0 Å². The summed E-state index contributed by atoms with van der Waals surface area (Å²) in [5.41, 5.74) is 0. The Morgan fingerprint density at radius 2 is 0.551 bits per heavy atom. The first-order valence-electron chi connectivity index (χ1n) is 38.8. The molecule has 568 valence electrons. The fraction of sp³-hybridized carbons (Fsp3) is 0.772. The predicted octanol–water partition coefficient (Wildman–Crippen LogP) is 22.2. The number of ether oxygens (including phenoxy) is 4. The van der Waals surface area contributed by atoms with Crippen LogP contribution < -0.4 is 0 Å². The van der Waals surface area contributed by atoms with Crippen molar-refractivity contribution >= 4 is 39.5 Å². The van der Waals surface area contributed by atoms with E-state index in [4.69, 9.17) is 37.0 Å². The zero-order valence-corrected chi connectivity index (χ0v) is 63.7. The van der Waals surface area contributed by atoms with Gasteiger partial charge in [-0.25, -0.2) is 9.13 Å². The summed E-state index contributed by atoms with van der Waals surface area (Å²) < 4.78 is 68.5. The monoisotopic (exact) mass is 1420 g/mol. The van der Waals surface area contributed by atoms with Crippen LogP contribution in [0.25, 0.3) is 0 Å². The van der Waals surface area contributed by atoms with Gasteiger partial charge in [0.25, 0.3) is 0 Å². The zero-order valence-electron chi connectivity index (χ0n) is 62.0. The van der Waals surface area contributed by atoms with Crippen molar-refractivity contribution in [3.05, 3.63) is 85.1 Å². The van der Waals surface area contributed by atoms with E-state index in [1.807, 2.05) is 0 Å². The summed E-state index contributed by atoms with van der Waals surface area (Å²) >= 11 is 0. The SMILES string of the molecule is CC/C=C\C/C=C\C/C=C\CCCCCCCC(=O)OCC(COP(=O)(O)OCC(O)COP(=O)(O)OCC(COC(=O)CCCCCCC/C=C\C/C=C\CCCCC)OC(=O)CCCCCCC/C=C\C/C=C\CCC)OC(=O)CCCCCCCCCCCCCCCCC. The van der Waals surface area contributed by atoms with Gasteiger partial charge in [-0.15, -0.1) is 0 Å². The first-order valence-corrected chi connectivity index (χ1v) is 41.8. The van der Waals surface area contributed by atoms with E-state index in [1.165, 1.54) is 83.5 Å². The molecule has 19 heteroatoms. The molecule has 0 amide bonds. The number of aliphatic hydroxyl groups is 1. The molecule has 0 rings (SSSR count). The van der Waals surface area contributed by atoms with E-state index < -0.39 is 97.5 Å². The first-order chi connectivity index (χ1) is 47.7. The van der Waals surface area contributed by atoms with Crippen LogP contribution in [0.1, 0.15) is 336 Å². The minimum absolute atomic E-state index is 0.0768. The van der Waals surface area contributed by atoms with Crippen LogP contribution in [0.2, 0.25) is 0 Å². The summed E-state index contributed by atoms with van der Waals surface area (Å²) in [6.45, 7) is 4.66. The Morgan fingerprint density at radius 1 is 0.296 bits per heavy atom. The molecule has 0 aromatic heterocycles. The maximum absolute atomic E-state index is 13.1. The summed E-state index contributed by atoms with van der Waals surface area (Å²) in [5.74, 6) is -2.20. The van der Waals surface area contributed by atoms with E-state index >= 15 is 0 Å². The molecule has 0 aromatic carbocycles. The number of hydrogen-bond donors (Lipinski definition) is 3. The van der Waals surface area contributed by atoms with E-state index in [2.05, 4.69) is 113 Å². The van der Waals surface area contributed by atoms with Crippen molar-refractivity contribution in [3.8, 4) is 0 Å². The molecule has 0 aliphatic heterocycles. The quantitative estimate of drug-likeness (QED) is 0.0169. The largest absolute Gasteiger partial charge is 0.472 e. The third-order valence-electron chi connectivity index (χ3n) is 16.3. The fourth-order valence-electron chi connectivity index (χ4n) is 10.4. The van der Waals surface area contributed by atoms with Crippen LogP contribution >= 0.6 is 15.6 Å². The van der Waals surface area contributed by atoms with Gasteiger partial charge in [-0.1, -0.05) is 280 Å². The molecule has 0 aliphatic carbocycles. The number of carbonyl (C=O) groups excluding carboxylic acids is 4. The molecule has 3 N–H and O–H groups in total. The van der Waals surface area contributed by atoms with Crippen LogP contribution in [0.5, 0.6) is 0 Å². The Balaban J connectivity index is 5.35. The first kappa shape index (κ1) is 94.2. The normalized spacial score (nSPS) is 14.4. The summed E-state index contributed by atoms with van der Waals surface area (Å²) in [4.78, 5) is 72.9. The summed E-state index contributed by atoms with van der Waals surface area (Å²) in [5, 5.41) is 10.6. The number of unbranched alkanes of at least 4 members (excludes halogenated alkanes) is 33. The molecule has 0 radical (unpaired) electrons. The van der Waals surface area contributed by atoms with Gasteiger partial charge in [0.1, 0.15) is 19.3 Å². The van der Waals surface area contributed by atoms with Crippen molar-refractivity contribution < 1.29 is 80.2 Å². The Labute approximate surface area is 595 Å². The van der Waals surface area contributed by atoms with E-state index in [0.717, 1.165) is 173 Å². The second kappa shape index (κ2) is 71.6. The lowest BCUT2D eigenvalue weighted by atomic mass is 10.0. The Hall–Kier alpha value is -3.76. The summed E-state index contributed by atoms with van der Waals surface area (Å²) in [6.07, 6.45) is 72.8. The average molecular weight is 1420 g/mol. The van der Waals surface area contributed by atoms with Crippen molar-refractivity contribution in [2.24, 2.45) is 0 Å². The number of carbonyl (C=O) groups is 4. The molecule has 0 saturated carbocycles. The second-order valence-corrected chi connectivity index (χ2v) is 28.8. The van der Waals surface area contributed by atoms with E-state index in [0.29, 0.717) is 25.7 Å². The van der Waals surface area contributed by atoms with Gasteiger partial charge < -0.3 is 33.8 Å². The van der Waals surface area contributed by atoms with Gasteiger partial charge in [0, 0.05) is 25.7 Å². The van der Waals surface area contributed by atoms with Gasteiger partial charge in [0.15, 0.2) is 12.2 Å². The van der Waals surface area contributed by atoms with Gasteiger partial charge in [0.05, 0.1) is 26.4 Å². The molecule has 5 atom stereocenters. The van der Waals surface area contributed by atoms with Crippen molar-refractivity contribution in [1.29, 1.82) is 0 Å². The number of phosphoric acid groups is 2. The summed E-state index contributed by atoms with van der Waals surface area (Å²) in [6, 6.07) is 0. The maximum atomic E-state index is 13.1. The van der Waals surface area contributed by atoms with Crippen molar-refractivity contribution in [2.75, 3.05) is 39.6 Å². The predicted molar refractivity (Wildman–Crippen MR) is 399 cm³/mol. The highest BCUT2D eigenvalue weighted by atomic mass is 31.2. The average Bonchev–Trinajstić information content (AvgIpc) is 1.04. The minimum Gasteiger partial charge on any atom is -0.462 e. The standard InChI is InChI=1S/C79H140O17P2/c1-5-9-13-17-21-25-29-33-36-40-43-47-51-55-59-63-76(81)89-69-74(95-78(83)65-61-57-53-49-45-39-32-28-24-20-16-12-8-4)71-93-97(85,86)91-67-73(80)68-92-98(87,88)94-72-75(96-79(84)66-62-58-54-50-46-42-38-35-31-27-23-19-15-11-7-3)70-90-77(82)64-60-56-52-48-44-41-37-34-30-26-22-18-14-10-6-2/h10,14,16,20-22,25-26,28,32-34,36-37,73-75,80H,5-9,11-13,15,17-19,23-24,27,29-31,35,38-72H2,1-4H3,(H,85,86)(H,87,88)/b14-10-,20-16-,25-21-,26-22-,32-28-,36-33-,37-34-. The topological polar surface area (TPSA) is 237 Å². The molecule has 0 saturated heterocycles. The maximum Gasteiger partial charge on any atom is 0.472 e. The summed E-state index contributed by atoms with van der Waals surface area (Å²) in [7, 11) is -9.95. The highest BCUT2D eigenvalue weighted by Gasteiger charge is 2.30. The number of aliphatic hydroxyl groups excluding tert-OH is 1. The third-order valence-corrected chi connectivity index (χ3v) is 18.2. The molecule has 0 bridgehead atoms. The molecular formula is C79H140O17P2. The van der Waals surface area contributed by atoms with Gasteiger partial charge in [-0.2, -0.15) is 0 Å². The van der Waals surface area contributed by atoms with E-state index in [9.17, 15) is 43.2 Å². The minimum atomic E-state index is -4.98. The van der Waals surface area contributed by atoms with Crippen LogP contribution in [-0.2, 0) is 65.4 Å². The lowest BCUT2D eigenvalue weighted by Crippen LogP contribution is -2.30. The zero-order chi connectivity index (χ0) is 71.8. The molecule has 0 heterocycles. The highest BCUT2D eigenvalue weighted by Crippen LogP contribution is 2.45. The van der Waals surface area contributed by atoms with Gasteiger partial charge in [0.2, 0.25) is 0 Å². The molecule has 0 aromatic rings. The van der Waals surface area contributed by atoms with Crippen molar-refractivity contribution in [1.82, 2.24) is 0 Å². The lowest BCUT2D eigenvalue weighted by Gasteiger charge is -2.21. The molecule has 17 nitrogen and oxygen atoms in total. The number of allylic oxidation sites excluding steroid dienone is 14. The Morgan fingerprint density at radius 3 is 0.878 bits per heavy atom. The van der Waals surface area contributed by atoms with Crippen LogP contribution in [0, 0.1) is 0 Å². The number of rotatable bonds is 73. The van der Waals surface area contributed by atoms with Gasteiger partial charge in [-0.3, -0.25) is 37.3 Å². The van der Waals surface area contributed by atoms with Crippen LogP contribution in [0.4, 0.5) is 0 Å².